The first-order valence-electron chi connectivity index (χ1n) is 3.62. The van der Waals surface area contributed by atoms with Gasteiger partial charge in [0.15, 0.2) is 0 Å². The summed E-state index contributed by atoms with van der Waals surface area (Å²) < 4.78 is 0. The number of nitrogens with zero attached hydrogens (tertiary/aromatic N) is 1. The lowest BCUT2D eigenvalue weighted by Gasteiger charge is -1.83. The fraction of sp³-hybridized carbons (Fsp3) is 0.375. The second kappa shape index (κ2) is 4.53. The second-order valence-electron chi connectivity index (χ2n) is 2.16. The lowest BCUT2D eigenvalue weighted by molar-refractivity contribution is 0.869. The third-order valence-corrected chi connectivity index (χ3v) is 1.23. The van der Waals surface area contributed by atoms with Crippen LogP contribution in [0.3, 0.4) is 0 Å². The first-order chi connectivity index (χ1) is 5.43. The van der Waals surface area contributed by atoms with Gasteiger partial charge in [-0.05, 0) is 25.0 Å². The zero-order chi connectivity index (χ0) is 7.94. The molecule has 1 aromatic rings. The Morgan fingerprint density at radius 2 is 2.55 bits per heavy atom. The summed E-state index contributed by atoms with van der Waals surface area (Å²) in [5.74, 6) is 5.92. The molecule has 0 atom stereocenters. The summed E-state index contributed by atoms with van der Waals surface area (Å²) in [6, 6.07) is 1.84. The Labute approximate surface area is 66.0 Å². The Kier molecular flexibility index (Phi) is 3.23. The molecule has 1 rings (SSSR count). The SMILES string of the molecule is NCCCC#Cc1ccn[nH]1. The van der Waals surface area contributed by atoms with Gasteiger partial charge in [-0.15, -0.1) is 0 Å². The summed E-state index contributed by atoms with van der Waals surface area (Å²) >= 11 is 0. The highest BCUT2D eigenvalue weighted by Gasteiger charge is 1.82. The van der Waals surface area contributed by atoms with E-state index >= 15 is 0 Å². The molecule has 0 fully saturated rings. The maximum atomic E-state index is 5.30. The summed E-state index contributed by atoms with van der Waals surface area (Å²) in [6.07, 6.45) is 3.50. The van der Waals surface area contributed by atoms with Crippen LogP contribution in [-0.2, 0) is 0 Å². The molecule has 0 aliphatic heterocycles. The third kappa shape index (κ3) is 2.87. The third-order valence-electron chi connectivity index (χ3n) is 1.23. The lowest BCUT2D eigenvalue weighted by Crippen LogP contribution is -1.96. The number of hydrogen-bond donors (Lipinski definition) is 2. The number of nitrogens with one attached hydrogen (secondary N) is 1. The van der Waals surface area contributed by atoms with Crippen molar-refractivity contribution < 1.29 is 0 Å². The number of unbranched alkanes of at least 4 members (excludes halogenated alkanes) is 1. The molecule has 0 bridgehead atoms. The molecule has 0 unspecified atom stereocenters. The van der Waals surface area contributed by atoms with Crippen molar-refractivity contribution in [3.63, 3.8) is 0 Å². The van der Waals surface area contributed by atoms with E-state index in [1.807, 2.05) is 6.07 Å². The Bertz CT molecular complexity index is 240. The van der Waals surface area contributed by atoms with Gasteiger partial charge >= 0.3 is 0 Å². The molecule has 1 aromatic heterocycles. The van der Waals surface area contributed by atoms with Gasteiger partial charge in [0.1, 0.15) is 5.69 Å². The topological polar surface area (TPSA) is 54.7 Å². The van der Waals surface area contributed by atoms with Crippen LogP contribution in [0.5, 0.6) is 0 Å². The number of H-pyrrole nitrogens is 1. The van der Waals surface area contributed by atoms with Crippen molar-refractivity contribution in [1.82, 2.24) is 10.2 Å². The molecule has 0 aliphatic carbocycles. The summed E-state index contributed by atoms with van der Waals surface area (Å²) in [7, 11) is 0. The molecule has 0 saturated heterocycles. The molecule has 0 aromatic carbocycles. The quantitative estimate of drug-likeness (QED) is 0.475. The van der Waals surface area contributed by atoms with Gasteiger partial charge in [0.25, 0.3) is 0 Å². The normalized spacial score (nSPS) is 8.82. The Hall–Kier alpha value is -1.27. The Morgan fingerprint density at radius 3 is 3.18 bits per heavy atom. The Morgan fingerprint density at radius 1 is 1.64 bits per heavy atom. The maximum Gasteiger partial charge on any atom is 0.107 e. The number of rotatable bonds is 2. The predicted octanol–water partition coefficient (Wildman–Crippen LogP) is 0.500. The summed E-state index contributed by atoms with van der Waals surface area (Å²) in [5, 5.41) is 6.53. The molecular weight excluding hydrogens is 138 g/mol. The molecule has 0 radical (unpaired) electrons. The van der Waals surface area contributed by atoms with E-state index in [2.05, 4.69) is 22.0 Å². The minimum absolute atomic E-state index is 0.706. The minimum Gasteiger partial charge on any atom is -0.330 e. The molecule has 0 saturated carbocycles. The van der Waals surface area contributed by atoms with E-state index in [9.17, 15) is 0 Å². The molecule has 3 heteroatoms. The smallest absolute Gasteiger partial charge is 0.107 e. The molecular formula is C8H11N3. The standard InChI is InChI=1S/C8H11N3/c9-6-3-1-2-4-8-5-7-10-11-8/h5,7H,1,3,6,9H2,(H,10,11). The molecule has 0 spiro atoms. The van der Waals surface area contributed by atoms with Gasteiger partial charge in [-0.1, -0.05) is 5.92 Å². The maximum absolute atomic E-state index is 5.30. The average molecular weight is 149 g/mol. The van der Waals surface area contributed by atoms with Crippen molar-refractivity contribution in [3.8, 4) is 11.8 Å². The minimum atomic E-state index is 0.706. The van der Waals surface area contributed by atoms with Crippen molar-refractivity contribution >= 4 is 0 Å². The number of nitrogens with two attached hydrogens (primary N) is 1. The fourth-order valence-corrected chi connectivity index (χ4v) is 0.674. The van der Waals surface area contributed by atoms with Gasteiger partial charge in [-0.25, -0.2) is 0 Å². The highest BCUT2D eigenvalue weighted by atomic mass is 15.1. The van der Waals surface area contributed by atoms with Gasteiger partial charge in [0.05, 0.1) is 0 Å². The van der Waals surface area contributed by atoms with E-state index in [1.165, 1.54) is 0 Å². The number of aromatic nitrogens is 2. The molecule has 0 aliphatic rings. The van der Waals surface area contributed by atoms with E-state index in [0.29, 0.717) is 6.54 Å². The molecule has 3 nitrogen and oxygen atoms in total. The van der Waals surface area contributed by atoms with Crippen LogP contribution >= 0.6 is 0 Å². The second-order valence-corrected chi connectivity index (χ2v) is 2.16. The van der Waals surface area contributed by atoms with E-state index in [1.54, 1.807) is 6.20 Å². The van der Waals surface area contributed by atoms with Crippen molar-refractivity contribution in [2.75, 3.05) is 6.54 Å². The van der Waals surface area contributed by atoms with E-state index in [-0.39, 0.29) is 0 Å². The lowest BCUT2D eigenvalue weighted by atomic mass is 10.3. The molecule has 58 valence electrons. The largest absolute Gasteiger partial charge is 0.330 e. The average Bonchev–Trinajstić information content (AvgIpc) is 2.50. The first-order valence-corrected chi connectivity index (χ1v) is 3.62. The number of aromatic amines is 1. The summed E-state index contributed by atoms with van der Waals surface area (Å²) in [4.78, 5) is 0. The van der Waals surface area contributed by atoms with Crippen LogP contribution in [0.25, 0.3) is 0 Å². The molecule has 0 amide bonds. The van der Waals surface area contributed by atoms with Crippen molar-refractivity contribution in [3.05, 3.63) is 18.0 Å². The van der Waals surface area contributed by atoms with Gasteiger partial charge < -0.3 is 5.73 Å². The van der Waals surface area contributed by atoms with Crippen LogP contribution in [-0.4, -0.2) is 16.7 Å². The molecule has 1 heterocycles. The highest BCUT2D eigenvalue weighted by Crippen LogP contribution is 1.88. The van der Waals surface area contributed by atoms with Crippen LogP contribution in [0.1, 0.15) is 18.5 Å². The summed E-state index contributed by atoms with van der Waals surface area (Å²) in [6.45, 7) is 0.706. The predicted molar refractivity (Wildman–Crippen MR) is 43.8 cm³/mol. The Balaban J connectivity index is 2.33. The number of hydrogen-bond acceptors (Lipinski definition) is 2. The van der Waals surface area contributed by atoms with Crippen LogP contribution in [0.4, 0.5) is 0 Å². The van der Waals surface area contributed by atoms with E-state index in [4.69, 9.17) is 5.73 Å². The zero-order valence-corrected chi connectivity index (χ0v) is 6.30. The van der Waals surface area contributed by atoms with Crippen LogP contribution in [0.15, 0.2) is 12.3 Å². The van der Waals surface area contributed by atoms with Gasteiger partial charge in [-0.3, -0.25) is 5.10 Å². The summed E-state index contributed by atoms with van der Waals surface area (Å²) in [5.41, 5.74) is 6.16. The van der Waals surface area contributed by atoms with E-state index in [0.717, 1.165) is 18.5 Å². The fourth-order valence-electron chi connectivity index (χ4n) is 0.674. The molecule has 11 heavy (non-hydrogen) atoms. The monoisotopic (exact) mass is 149 g/mol. The highest BCUT2D eigenvalue weighted by molar-refractivity contribution is 5.24. The van der Waals surface area contributed by atoms with Crippen LogP contribution in [0, 0.1) is 11.8 Å². The van der Waals surface area contributed by atoms with Crippen LogP contribution in [0.2, 0.25) is 0 Å². The molecule has 3 N–H and O–H groups in total. The van der Waals surface area contributed by atoms with Crippen molar-refractivity contribution in [1.29, 1.82) is 0 Å². The van der Waals surface area contributed by atoms with E-state index < -0.39 is 0 Å². The van der Waals surface area contributed by atoms with Crippen LogP contribution < -0.4 is 5.73 Å². The van der Waals surface area contributed by atoms with Crippen molar-refractivity contribution in [2.24, 2.45) is 5.73 Å². The first kappa shape index (κ1) is 7.83. The van der Waals surface area contributed by atoms with Gasteiger partial charge in [0.2, 0.25) is 0 Å². The zero-order valence-electron chi connectivity index (χ0n) is 6.30. The van der Waals surface area contributed by atoms with Gasteiger partial charge in [0, 0.05) is 12.6 Å². The van der Waals surface area contributed by atoms with Crippen molar-refractivity contribution in [2.45, 2.75) is 12.8 Å². The van der Waals surface area contributed by atoms with Gasteiger partial charge in [-0.2, -0.15) is 5.10 Å².